The van der Waals surface area contributed by atoms with E-state index < -0.39 is 5.97 Å². The van der Waals surface area contributed by atoms with E-state index in [0.29, 0.717) is 35.5 Å². The monoisotopic (exact) mass is 337 g/mol. The summed E-state index contributed by atoms with van der Waals surface area (Å²) < 4.78 is 4.80. The van der Waals surface area contributed by atoms with Crippen LogP contribution in [0.4, 0.5) is 0 Å². The van der Waals surface area contributed by atoms with Gasteiger partial charge in [0, 0.05) is 18.3 Å². The number of amides is 2. The van der Waals surface area contributed by atoms with Gasteiger partial charge in [0.2, 0.25) is 5.91 Å². The number of esters is 1. The van der Waals surface area contributed by atoms with Gasteiger partial charge in [-0.15, -0.1) is 0 Å². The lowest BCUT2D eigenvalue weighted by molar-refractivity contribution is -0.122. The fraction of sp³-hybridized carbons (Fsp3) is 0.588. The first-order valence-electron chi connectivity index (χ1n) is 8.15. The SMILES string of the molecule is CCc1[nH]c(C(=O)N(CC)CC(=O)NC(C)C)c(C)c1C(=O)OC. The Bertz CT molecular complexity index is 620. The zero-order valence-electron chi connectivity index (χ0n) is 15.3. The van der Waals surface area contributed by atoms with Gasteiger partial charge in [0.05, 0.1) is 19.2 Å². The Kier molecular flexibility index (Phi) is 7.00. The number of aromatic nitrogens is 1. The molecule has 1 heterocycles. The fourth-order valence-electron chi connectivity index (χ4n) is 2.54. The van der Waals surface area contributed by atoms with E-state index in [-0.39, 0.29) is 24.4 Å². The number of ether oxygens (including phenoxy) is 1. The molecule has 0 spiro atoms. The zero-order valence-corrected chi connectivity index (χ0v) is 15.3. The van der Waals surface area contributed by atoms with Gasteiger partial charge in [0.25, 0.3) is 5.91 Å². The Morgan fingerprint density at radius 2 is 1.88 bits per heavy atom. The Morgan fingerprint density at radius 3 is 2.33 bits per heavy atom. The Balaban J connectivity index is 3.10. The summed E-state index contributed by atoms with van der Waals surface area (Å²) in [5.41, 5.74) is 1.93. The van der Waals surface area contributed by atoms with Gasteiger partial charge in [-0.25, -0.2) is 4.79 Å². The van der Waals surface area contributed by atoms with Crippen LogP contribution in [0.25, 0.3) is 0 Å². The molecule has 0 unspecified atom stereocenters. The molecule has 1 aromatic heterocycles. The molecule has 0 saturated carbocycles. The summed E-state index contributed by atoms with van der Waals surface area (Å²) in [4.78, 5) is 41.1. The first kappa shape index (κ1) is 19.7. The van der Waals surface area contributed by atoms with Gasteiger partial charge in [-0.3, -0.25) is 9.59 Å². The predicted molar refractivity (Wildman–Crippen MR) is 91.1 cm³/mol. The highest BCUT2D eigenvalue weighted by atomic mass is 16.5. The number of H-pyrrole nitrogens is 1. The minimum absolute atomic E-state index is 0.0103. The fourth-order valence-corrected chi connectivity index (χ4v) is 2.54. The van der Waals surface area contributed by atoms with E-state index in [4.69, 9.17) is 4.74 Å². The molecule has 7 nitrogen and oxygen atoms in total. The number of carbonyl (C=O) groups excluding carboxylic acids is 3. The molecule has 0 aliphatic rings. The van der Waals surface area contributed by atoms with Crippen LogP contribution < -0.4 is 5.32 Å². The molecule has 0 radical (unpaired) electrons. The molecule has 0 aromatic carbocycles. The molecule has 0 aliphatic carbocycles. The maximum Gasteiger partial charge on any atom is 0.339 e. The number of hydrogen-bond acceptors (Lipinski definition) is 4. The van der Waals surface area contributed by atoms with E-state index >= 15 is 0 Å². The summed E-state index contributed by atoms with van der Waals surface area (Å²) in [6.07, 6.45) is 0.568. The van der Waals surface area contributed by atoms with Gasteiger partial charge in [0.1, 0.15) is 5.69 Å². The molecular formula is C17H27N3O4. The van der Waals surface area contributed by atoms with E-state index in [1.165, 1.54) is 12.0 Å². The van der Waals surface area contributed by atoms with E-state index in [2.05, 4.69) is 10.3 Å². The topological polar surface area (TPSA) is 91.5 Å². The molecule has 2 N–H and O–H groups in total. The van der Waals surface area contributed by atoms with Crippen LogP contribution in [0.3, 0.4) is 0 Å². The lowest BCUT2D eigenvalue weighted by Gasteiger charge is -2.21. The van der Waals surface area contributed by atoms with Gasteiger partial charge in [-0.2, -0.15) is 0 Å². The van der Waals surface area contributed by atoms with Crippen LogP contribution in [-0.4, -0.2) is 53.9 Å². The molecule has 1 rings (SSSR count). The van der Waals surface area contributed by atoms with Crippen LogP contribution in [-0.2, 0) is 16.0 Å². The Labute approximate surface area is 142 Å². The lowest BCUT2D eigenvalue weighted by Crippen LogP contribution is -2.42. The molecule has 24 heavy (non-hydrogen) atoms. The molecule has 0 fully saturated rings. The van der Waals surface area contributed by atoms with E-state index in [0.717, 1.165) is 0 Å². The van der Waals surface area contributed by atoms with Crippen molar-refractivity contribution in [3.8, 4) is 0 Å². The summed E-state index contributed by atoms with van der Waals surface area (Å²) in [5.74, 6) is -0.993. The normalized spacial score (nSPS) is 10.6. The molecule has 0 aliphatic heterocycles. The molecule has 0 atom stereocenters. The molecule has 134 valence electrons. The van der Waals surface area contributed by atoms with Crippen LogP contribution >= 0.6 is 0 Å². The van der Waals surface area contributed by atoms with Gasteiger partial charge < -0.3 is 19.9 Å². The molecular weight excluding hydrogens is 310 g/mol. The highest BCUT2D eigenvalue weighted by Gasteiger charge is 2.26. The quantitative estimate of drug-likeness (QED) is 0.740. The first-order chi connectivity index (χ1) is 11.3. The second-order valence-corrected chi connectivity index (χ2v) is 5.87. The maximum atomic E-state index is 12.8. The van der Waals surface area contributed by atoms with Crippen molar-refractivity contribution in [1.82, 2.24) is 15.2 Å². The van der Waals surface area contributed by atoms with Crippen molar-refractivity contribution in [3.63, 3.8) is 0 Å². The van der Waals surface area contributed by atoms with Gasteiger partial charge >= 0.3 is 5.97 Å². The Hall–Kier alpha value is -2.31. The Morgan fingerprint density at radius 1 is 1.25 bits per heavy atom. The number of methoxy groups -OCH3 is 1. The average molecular weight is 337 g/mol. The van der Waals surface area contributed by atoms with Gasteiger partial charge in [0.15, 0.2) is 0 Å². The number of likely N-dealkylation sites (N-methyl/N-ethyl adjacent to an activating group) is 1. The third-order valence-electron chi connectivity index (χ3n) is 3.74. The summed E-state index contributed by atoms with van der Waals surface area (Å²) in [6, 6.07) is 0.0103. The highest BCUT2D eigenvalue weighted by molar-refractivity contribution is 6.01. The second-order valence-electron chi connectivity index (χ2n) is 5.87. The number of aryl methyl sites for hydroxylation is 1. The van der Waals surface area contributed by atoms with Crippen LogP contribution in [0.2, 0.25) is 0 Å². The average Bonchev–Trinajstić information content (AvgIpc) is 2.87. The number of hydrogen-bond donors (Lipinski definition) is 2. The van der Waals surface area contributed by atoms with Crippen molar-refractivity contribution < 1.29 is 19.1 Å². The second kappa shape index (κ2) is 8.52. The van der Waals surface area contributed by atoms with E-state index in [9.17, 15) is 14.4 Å². The first-order valence-corrected chi connectivity index (χ1v) is 8.15. The number of aromatic amines is 1. The highest BCUT2D eigenvalue weighted by Crippen LogP contribution is 2.21. The number of nitrogens with one attached hydrogen (secondary N) is 2. The smallest absolute Gasteiger partial charge is 0.339 e. The van der Waals surface area contributed by atoms with Crippen molar-refractivity contribution >= 4 is 17.8 Å². The van der Waals surface area contributed by atoms with Crippen molar-refractivity contribution in [2.24, 2.45) is 0 Å². The zero-order chi connectivity index (χ0) is 18.4. The van der Waals surface area contributed by atoms with Gasteiger partial charge in [-0.05, 0) is 39.7 Å². The lowest BCUT2D eigenvalue weighted by atomic mass is 10.1. The third kappa shape index (κ3) is 4.37. The van der Waals surface area contributed by atoms with Gasteiger partial charge in [-0.1, -0.05) is 6.92 Å². The van der Waals surface area contributed by atoms with E-state index in [1.807, 2.05) is 20.8 Å². The van der Waals surface area contributed by atoms with Crippen LogP contribution in [0.5, 0.6) is 0 Å². The molecule has 7 heteroatoms. The largest absolute Gasteiger partial charge is 0.465 e. The van der Waals surface area contributed by atoms with Crippen molar-refractivity contribution in [2.75, 3.05) is 20.2 Å². The summed E-state index contributed by atoms with van der Waals surface area (Å²) in [5, 5.41) is 2.77. The molecule has 0 bridgehead atoms. The van der Waals surface area contributed by atoms with Crippen molar-refractivity contribution in [2.45, 2.75) is 47.1 Å². The summed E-state index contributed by atoms with van der Waals surface area (Å²) in [6.45, 7) is 9.49. The van der Waals surface area contributed by atoms with Crippen molar-refractivity contribution in [3.05, 3.63) is 22.5 Å². The minimum Gasteiger partial charge on any atom is -0.465 e. The standard InChI is InChI=1S/C17H27N3O4/c1-7-12-14(17(23)24-6)11(5)15(19-12)16(22)20(8-2)9-13(21)18-10(3)4/h10,19H,7-9H2,1-6H3,(H,18,21). The predicted octanol–water partition coefficient (Wildman–Crippen LogP) is 1.66. The molecule has 1 aromatic rings. The van der Waals surface area contributed by atoms with Crippen LogP contribution in [0.15, 0.2) is 0 Å². The number of nitrogens with zero attached hydrogens (tertiary/aromatic N) is 1. The molecule has 0 saturated heterocycles. The third-order valence-corrected chi connectivity index (χ3v) is 3.74. The van der Waals surface area contributed by atoms with Crippen molar-refractivity contribution in [1.29, 1.82) is 0 Å². The minimum atomic E-state index is -0.472. The maximum absolute atomic E-state index is 12.8. The van der Waals surface area contributed by atoms with E-state index in [1.54, 1.807) is 13.8 Å². The number of rotatable bonds is 7. The summed E-state index contributed by atoms with van der Waals surface area (Å²) in [7, 11) is 1.31. The van der Waals surface area contributed by atoms with Crippen LogP contribution in [0, 0.1) is 6.92 Å². The molecule has 2 amide bonds. The number of carbonyl (C=O) groups is 3. The van der Waals surface area contributed by atoms with Crippen LogP contribution in [0.1, 0.15) is 59.8 Å². The summed E-state index contributed by atoms with van der Waals surface area (Å²) >= 11 is 0.